The number of benzene rings is 1. The van der Waals surface area contributed by atoms with Gasteiger partial charge in [0, 0.05) is 32.7 Å². The van der Waals surface area contributed by atoms with Crippen LogP contribution in [-0.2, 0) is 4.79 Å². The van der Waals surface area contributed by atoms with Crippen LogP contribution in [0.2, 0.25) is 0 Å². The van der Waals surface area contributed by atoms with Crippen molar-refractivity contribution in [3.63, 3.8) is 0 Å². The van der Waals surface area contributed by atoms with Crippen molar-refractivity contribution in [3.05, 3.63) is 35.4 Å². The molecule has 1 unspecified atom stereocenters. The van der Waals surface area contributed by atoms with Gasteiger partial charge in [-0.25, -0.2) is 0 Å². The second-order valence-electron chi connectivity index (χ2n) is 5.78. The molecule has 1 heterocycles. The van der Waals surface area contributed by atoms with Gasteiger partial charge in [0.2, 0.25) is 6.41 Å². The van der Waals surface area contributed by atoms with Gasteiger partial charge in [0.05, 0.1) is 6.10 Å². The number of carbonyl (C=O) groups excluding carboxylic acids is 1. The molecule has 4 nitrogen and oxygen atoms in total. The average Bonchev–Trinajstić information content (AvgIpc) is 2.48. The lowest BCUT2D eigenvalue weighted by Gasteiger charge is -2.33. The van der Waals surface area contributed by atoms with Crippen LogP contribution >= 0.6 is 0 Å². The van der Waals surface area contributed by atoms with Crippen LogP contribution in [0.3, 0.4) is 0 Å². The summed E-state index contributed by atoms with van der Waals surface area (Å²) < 4.78 is 0. The van der Waals surface area contributed by atoms with Gasteiger partial charge in [0.25, 0.3) is 0 Å². The predicted octanol–water partition coefficient (Wildman–Crippen LogP) is 1.62. The normalized spacial score (nSPS) is 18.3. The zero-order valence-electron chi connectivity index (χ0n) is 12.3. The van der Waals surface area contributed by atoms with Gasteiger partial charge < -0.3 is 10.0 Å². The summed E-state index contributed by atoms with van der Waals surface area (Å²) in [6, 6.07) is 8.21. The van der Waals surface area contributed by atoms with Crippen LogP contribution in [0.4, 0.5) is 0 Å². The molecule has 1 aliphatic rings. The molecular formula is C16H24N2O2. The molecule has 0 aliphatic carbocycles. The molecule has 1 aromatic rings. The molecule has 0 bridgehead atoms. The SMILES string of the molecule is CC(C)c1ccc(C(O)CN2CCN(C=O)CC2)cc1. The molecule has 0 aromatic heterocycles. The van der Waals surface area contributed by atoms with E-state index in [-0.39, 0.29) is 0 Å². The van der Waals surface area contributed by atoms with E-state index >= 15 is 0 Å². The van der Waals surface area contributed by atoms with E-state index in [1.807, 2.05) is 12.1 Å². The summed E-state index contributed by atoms with van der Waals surface area (Å²) in [6.45, 7) is 8.13. The first-order valence-corrected chi connectivity index (χ1v) is 7.29. The molecule has 1 saturated heterocycles. The van der Waals surface area contributed by atoms with E-state index in [9.17, 15) is 9.90 Å². The van der Waals surface area contributed by atoms with Crippen molar-refractivity contribution in [3.8, 4) is 0 Å². The molecule has 1 N–H and O–H groups in total. The van der Waals surface area contributed by atoms with Crippen LogP contribution in [-0.4, -0.2) is 54.0 Å². The Morgan fingerprint density at radius 3 is 2.15 bits per heavy atom. The maximum absolute atomic E-state index is 10.7. The van der Waals surface area contributed by atoms with Gasteiger partial charge in [-0.1, -0.05) is 38.1 Å². The standard InChI is InChI=1S/C16H24N2O2/c1-13(2)14-3-5-15(6-4-14)16(20)11-17-7-9-18(12-19)10-8-17/h3-6,12-13,16,20H,7-11H2,1-2H3. The molecule has 20 heavy (non-hydrogen) atoms. The minimum atomic E-state index is -0.459. The highest BCUT2D eigenvalue weighted by Crippen LogP contribution is 2.19. The number of hydrogen-bond donors (Lipinski definition) is 1. The number of rotatable bonds is 5. The fourth-order valence-electron chi connectivity index (χ4n) is 2.50. The molecular weight excluding hydrogens is 252 g/mol. The number of aliphatic hydroxyl groups is 1. The number of amides is 1. The Hall–Kier alpha value is -1.39. The van der Waals surface area contributed by atoms with Gasteiger partial charge in [0.1, 0.15) is 0 Å². The molecule has 1 amide bonds. The fourth-order valence-corrected chi connectivity index (χ4v) is 2.50. The number of piperazine rings is 1. The van der Waals surface area contributed by atoms with E-state index in [0.29, 0.717) is 12.5 Å². The van der Waals surface area contributed by atoms with Crippen molar-refractivity contribution in [1.29, 1.82) is 0 Å². The Balaban J connectivity index is 1.88. The summed E-state index contributed by atoms with van der Waals surface area (Å²) in [5.41, 5.74) is 2.26. The zero-order valence-corrected chi connectivity index (χ0v) is 12.3. The maximum atomic E-state index is 10.7. The molecule has 1 atom stereocenters. The first-order chi connectivity index (χ1) is 9.60. The number of nitrogens with zero attached hydrogens (tertiary/aromatic N) is 2. The maximum Gasteiger partial charge on any atom is 0.209 e. The predicted molar refractivity (Wildman–Crippen MR) is 79.6 cm³/mol. The molecule has 110 valence electrons. The summed E-state index contributed by atoms with van der Waals surface area (Å²) in [5.74, 6) is 0.512. The van der Waals surface area contributed by atoms with Crippen LogP contribution in [0.1, 0.15) is 37.0 Å². The van der Waals surface area contributed by atoms with Crippen molar-refractivity contribution in [2.24, 2.45) is 0 Å². The Labute approximate surface area is 121 Å². The van der Waals surface area contributed by atoms with Crippen LogP contribution in [0.15, 0.2) is 24.3 Å². The van der Waals surface area contributed by atoms with Crippen LogP contribution in [0, 0.1) is 0 Å². The van der Waals surface area contributed by atoms with E-state index in [0.717, 1.165) is 38.2 Å². The van der Waals surface area contributed by atoms with Gasteiger partial charge in [-0.2, -0.15) is 0 Å². The topological polar surface area (TPSA) is 43.8 Å². The molecule has 0 radical (unpaired) electrons. The van der Waals surface area contributed by atoms with Gasteiger partial charge in [-0.05, 0) is 17.0 Å². The van der Waals surface area contributed by atoms with Gasteiger partial charge >= 0.3 is 0 Å². The van der Waals surface area contributed by atoms with Crippen molar-refractivity contribution in [1.82, 2.24) is 9.80 Å². The largest absolute Gasteiger partial charge is 0.387 e. The van der Waals surface area contributed by atoms with Crippen molar-refractivity contribution >= 4 is 6.41 Å². The average molecular weight is 276 g/mol. The van der Waals surface area contributed by atoms with Crippen LogP contribution in [0.5, 0.6) is 0 Å². The monoisotopic (exact) mass is 276 g/mol. The molecule has 2 rings (SSSR count). The molecule has 4 heteroatoms. The highest BCUT2D eigenvalue weighted by Gasteiger charge is 2.18. The van der Waals surface area contributed by atoms with E-state index in [1.54, 1.807) is 4.90 Å². The van der Waals surface area contributed by atoms with E-state index in [1.165, 1.54) is 5.56 Å². The number of hydrogen-bond acceptors (Lipinski definition) is 3. The van der Waals surface area contributed by atoms with Crippen molar-refractivity contribution in [2.45, 2.75) is 25.9 Å². The number of carbonyl (C=O) groups is 1. The summed E-state index contributed by atoms with van der Waals surface area (Å²) in [5, 5.41) is 10.3. The number of aliphatic hydroxyl groups excluding tert-OH is 1. The van der Waals surface area contributed by atoms with Gasteiger partial charge in [0.15, 0.2) is 0 Å². The second kappa shape index (κ2) is 6.86. The Morgan fingerprint density at radius 2 is 1.65 bits per heavy atom. The Kier molecular flexibility index (Phi) is 5.15. The minimum absolute atomic E-state index is 0.459. The first-order valence-electron chi connectivity index (χ1n) is 7.29. The van der Waals surface area contributed by atoms with Crippen molar-refractivity contribution < 1.29 is 9.90 Å². The quantitative estimate of drug-likeness (QED) is 0.831. The third-order valence-electron chi connectivity index (χ3n) is 3.97. The Morgan fingerprint density at radius 1 is 1.10 bits per heavy atom. The summed E-state index contributed by atoms with van der Waals surface area (Å²) in [6.07, 6.45) is 0.442. The molecule has 1 aliphatic heterocycles. The Bertz CT molecular complexity index is 423. The minimum Gasteiger partial charge on any atom is -0.387 e. The first kappa shape index (κ1) is 15.0. The lowest BCUT2D eigenvalue weighted by atomic mass is 10.00. The zero-order chi connectivity index (χ0) is 14.5. The molecule has 1 fully saturated rings. The molecule has 0 saturated carbocycles. The van der Waals surface area contributed by atoms with E-state index in [4.69, 9.17) is 0 Å². The van der Waals surface area contributed by atoms with Gasteiger partial charge in [-0.15, -0.1) is 0 Å². The second-order valence-corrected chi connectivity index (χ2v) is 5.78. The van der Waals surface area contributed by atoms with Crippen molar-refractivity contribution in [2.75, 3.05) is 32.7 Å². The smallest absolute Gasteiger partial charge is 0.209 e. The van der Waals surface area contributed by atoms with Crippen LogP contribution in [0.25, 0.3) is 0 Å². The van der Waals surface area contributed by atoms with E-state index < -0.39 is 6.10 Å². The van der Waals surface area contributed by atoms with E-state index in [2.05, 4.69) is 30.9 Å². The lowest BCUT2D eigenvalue weighted by Crippen LogP contribution is -2.46. The third-order valence-corrected chi connectivity index (χ3v) is 3.97. The number of β-amino-alcohol motifs (C(OH)–C–C–N with tert-alkyl or cyclic N) is 1. The summed E-state index contributed by atoms with van der Waals surface area (Å²) >= 11 is 0. The fraction of sp³-hybridized carbons (Fsp3) is 0.562. The highest BCUT2D eigenvalue weighted by atomic mass is 16.3. The third kappa shape index (κ3) is 3.81. The van der Waals surface area contributed by atoms with Crippen LogP contribution < -0.4 is 0 Å². The summed E-state index contributed by atoms with van der Waals surface area (Å²) in [7, 11) is 0. The molecule has 1 aromatic carbocycles. The molecule has 0 spiro atoms. The van der Waals surface area contributed by atoms with Gasteiger partial charge in [-0.3, -0.25) is 9.69 Å². The lowest BCUT2D eigenvalue weighted by molar-refractivity contribution is -0.119. The highest BCUT2D eigenvalue weighted by molar-refractivity contribution is 5.47. The summed E-state index contributed by atoms with van der Waals surface area (Å²) in [4.78, 5) is 14.6.